The fourth-order valence-electron chi connectivity index (χ4n) is 2.25. The highest BCUT2D eigenvalue weighted by molar-refractivity contribution is 6.31. The molecular weight excluding hydrogens is 344 g/mol. The molecule has 0 aliphatic carbocycles. The van der Waals surface area contributed by atoms with Crippen LogP contribution in [0.5, 0.6) is 17.2 Å². The maximum absolute atomic E-state index is 6.00. The van der Waals surface area contributed by atoms with Gasteiger partial charge >= 0.3 is 0 Å². The molecule has 0 spiro atoms. The smallest absolute Gasteiger partial charge is 0.254 e. The van der Waals surface area contributed by atoms with Gasteiger partial charge in [0.1, 0.15) is 5.75 Å². The zero-order valence-corrected chi connectivity index (χ0v) is 14.8. The third kappa shape index (κ3) is 3.85. The van der Waals surface area contributed by atoms with Gasteiger partial charge in [-0.05, 0) is 48.9 Å². The zero-order chi connectivity index (χ0) is 17.8. The molecule has 1 heterocycles. The van der Waals surface area contributed by atoms with E-state index in [0.29, 0.717) is 34.1 Å². The Balaban J connectivity index is 1.73. The number of aryl methyl sites for hydroxylation is 1. The van der Waals surface area contributed by atoms with E-state index in [1.54, 1.807) is 38.5 Å². The van der Waals surface area contributed by atoms with Crippen molar-refractivity contribution in [3.63, 3.8) is 0 Å². The van der Waals surface area contributed by atoms with E-state index in [1.165, 1.54) is 0 Å². The number of methoxy groups -OCH3 is 2. The molecule has 0 unspecified atom stereocenters. The van der Waals surface area contributed by atoms with Crippen LogP contribution in [0.3, 0.4) is 0 Å². The predicted molar refractivity (Wildman–Crippen MR) is 93.4 cm³/mol. The van der Waals surface area contributed by atoms with Gasteiger partial charge in [0.2, 0.25) is 5.89 Å². The van der Waals surface area contributed by atoms with Crippen LogP contribution in [0.1, 0.15) is 11.5 Å². The molecule has 2 aromatic carbocycles. The zero-order valence-electron chi connectivity index (χ0n) is 14.1. The minimum atomic E-state index is 0.168. The van der Waals surface area contributed by atoms with Crippen molar-refractivity contribution in [1.29, 1.82) is 0 Å². The Labute approximate surface area is 150 Å². The second-order valence-corrected chi connectivity index (χ2v) is 5.68. The first kappa shape index (κ1) is 17.1. The van der Waals surface area contributed by atoms with E-state index in [9.17, 15) is 0 Å². The number of aromatic nitrogens is 2. The second kappa shape index (κ2) is 7.44. The molecule has 0 atom stereocenters. The summed E-state index contributed by atoms with van der Waals surface area (Å²) in [5.41, 5.74) is 1.68. The molecule has 3 aromatic rings. The SMILES string of the molecule is COc1ccc(-c2nnc(COc3ccc(Cl)c(C)c3)o2)cc1OC. The molecule has 7 heteroatoms. The molecule has 0 saturated carbocycles. The van der Waals surface area contributed by atoms with Gasteiger partial charge in [-0.2, -0.15) is 0 Å². The van der Waals surface area contributed by atoms with Gasteiger partial charge in [-0.1, -0.05) is 11.6 Å². The summed E-state index contributed by atoms with van der Waals surface area (Å²) in [6.07, 6.45) is 0. The number of hydrogen-bond donors (Lipinski definition) is 0. The summed E-state index contributed by atoms with van der Waals surface area (Å²) in [4.78, 5) is 0. The summed E-state index contributed by atoms with van der Waals surface area (Å²) in [5, 5.41) is 8.75. The van der Waals surface area contributed by atoms with Crippen molar-refractivity contribution >= 4 is 11.6 Å². The lowest BCUT2D eigenvalue weighted by Crippen LogP contribution is -1.96. The van der Waals surface area contributed by atoms with E-state index in [1.807, 2.05) is 19.1 Å². The van der Waals surface area contributed by atoms with Gasteiger partial charge in [-0.3, -0.25) is 0 Å². The molecule has 25 heavy (non-hydrogen) atoms. The average Bonchev–Trinajstić information content (AvgIpc) is 3.11. The first-order chi connectivity index (χ1) is 12.1. The molecule has 0 aliphatic heterocycles. The topological polar surface area (TPSA) is 66.6 Å². The highest BCUT2D eigenvalue weighted by Gasteiger charge is 2.12. The van der Waals surface area contributed by atoms with E-state index in [2.05, 4.69) is 10.2 Å². The summed E-state index contributed by atoms with van der Waals surface area (Å²) < 4.78 is 21.8. The Morgan fingerprint density at radius 3 is 2.52 bits per heavy atom. The van der Waals surface area contributed by atoms with Crippen LogP contribution in [-0.4, -0.2) is 24.4 Å². The third-order valence-corrected chi connectivity index (χ3v) is 4.01. The molecule has 0 amide bonds. The summed E-state index contributed by atoms with van der Waals surface area (Å²) in [7, 11) is 3.15. The van der Waals surface area contributed by atoms with Crippen LogP contribution in [0.4, 0.5) is 0 Å². The lowest BCUT2D eigenvalue weighted by Gasteiger charge is -2.07. The molecular formula is C18H17ClN2O4. The normalized spacial score (nSPS) is 10.6. The summed E-state index contributed by atoms with van der Waals surface area (Å²) in [5.74, 6) is 2.66. The van der Waals surface area contributed by atoms with E-state index in [0.717, 1.165) is 11.1 Å². The summed E-state index contributed by atoms with van der Waals surface area (Å²) in [6, 6.07) is 10.8. The Morgan fingerprint density at radius 1 is 1.00 bits per heavy atom. The van der Waals surface area contributed by atoms with E-state index in [-0.39, 0.29) is 6.61 Å². The van der Waals surface area contributed by atoms with Crippen molar-refractivity contribution in [2.24, 2.45) is 0 Å². The van der Waals surface area contributed by atoms with Gasteiger partial charge in [0.25, 0.3) is 5.89 Å². The van der Waals surface area contributed by atoms with Crippen LogP contribution >= 0.6 is 11.6 Å². The Bertz CT molecular complexity index is 879. The second-order valence-electron chi connectivity index (χ2n) is 5.27. The average molecular weight is 361 g/mol. The van der Waals surface area contributed by atoms with Crippen LogP contribution in [0, 0.1) is 6.92 Å². The number of benzene rings is 2. The third-order valence-electron chi connectivity index (χ3n) is 3.59. The van der Waals surface area contributed by atoms with Crippen LogP contribution in [0.2, 0.25) is 5.02 Å². The number of hydrogen-bond acceptors (Lipinski definition) is 6. The number of nitrogens with zero attached hydrogens (tertiary/aromatic N) is 2. The monoisotopic (exact) mass is 360 g/mol. The Hall–Kier alpha value is -2.73. The van der Waals surface area contributed by atoms with E-state index in [4.69, 9.17) is 30.2 Å². The maximum atomic E-state index is 6.00. The number of rotatable bonds is 6. The molecule has 0 radical (unpaired) electrons. The fourth-order valence-corrected chi connectivity index (χ4v) is 2.37. The summed E-state index contributed by atoms with van der Waals surface area (Å²) in [6.45, 7) is 2.08. The highest BCUT2D eigenvalue weighted by atomic mass is 35.5. The molecule has 0 bridgehead atoms. The quantitative estimate of drug-likeness (QED) is 0.653. The predicted octanol–water partition coefficient (Wildman–Crippen LogP) is 4.29. The van der Waals surface area contributed by atoms with Gasteiger partial charge in [-0.15, -0.1) is 10.2 Å². The molecule has 0 aliphatic rings. The highest BCUT2D eigenvalue weighted by Crippen LogP contribution is 2.31. The van der Waals surface area contributed by atoms with Crippen molar-refractivity contribution in [3.05, 3.63) is 52.9 Å². The molecule has 3 rings (SSSR count). The Morgan fingerprint density at radius 2 is 1.80 bits per heavy atom. The molecule has 1 aromatic heterocycles. The van der Waals surface area contributed by atoms with E-state index < -0.39 is 0 Å². The largest absolute Gasteiger partial charge is 0.493 e. The molecule has 130 valence electrons. The van der Waals surface area contributed by atoms with Gasteiger partial charge in [0, 0.05) is 10.6 Å². The standard InChI is InChI=1S/C18H17ClN2O4/c1-11-8-13(5-6-14(11)19)24-10-17-20-21-18(25-17)12-4-7-15(22-2)16(9-12)23-3/h4-9H,10H2,1-3H3. The minimum absolute atomic E-state index is 0.168. The van der Waals surface area contributed by atoms with Gasteiger partial charge in [-0.25, -0.2) is 0 Å². The molecule has 0 fully saturated rings. The van der Waals surface area contributed by atoms with Crippen molar-refractivity contribution in [1.82, 2.24) is 10.2 Å². The number of ether oxygens (including phenoxy) is 3. The Kier molecular flexibility index (Phi) is 5.09. The van der Waals surface area contributed by atoms with Gasteiger partial charge in [0.15, 0.2) is 18.1 Å². The first-order valence-corrected chi connectivity index (χ1v) is 7.92. The van der Waals surface area contributed by atoms with Crippen molar-refractivity contribution < 1.29 is 18.6 Å². The van der Waals surface area contributed by atoms with Crippen LogP contribution in [0.25, 0.3) is 11.5 Å². The van der Waals surface area contributed by atoms with Gasteiger partial charge in [0.05, 0.1) is 14.2 Å². The van der Waals surface area contributed by atoms with Crippen molar-refractivity contribution in [2.45, 2.75) is 13.5 Å². The van der Waals surface area contributed by atoms with Crippen molar-refractivity contribution in [2.75, 3.05) is 14.2 Å². The van der Waals surface area contributed by atoms with Crippen LogP contribution < -0.4 is 14.2 Å². The van der Waals surface area contributed by atoms with Crippen molar-refractivity contribution in [3.8, 4) is 28.7 Å². The van der Waals surface area contributed by atoms with Crippen LogP contribution in [0.15, 0.2) is 40.8 Å². The van der Waals surface area contributed by atoms with E-state index >= 15 is 0 Å². The van der Waals surface area contributed by atoms with Crippen LogP contribution in [-0.2, 0) is 6.61 Å². The molecule has 0 saturated heterocycles. The molecule has 0 N–H and O–H groups in total. The fraction of sp³-hybridized carbons (Fsp3) is 0.222. The minimum Gasteiger partial charge on any atom is -0.493 e. The lowest BCUT2D eigenvalue weighted by atomic mass is 10.2. The molecule has 6 nitrogen and oxygen atoms in total. The summed E-state index contributed by atoms with van der Waals surface area (Å²) >= 11 is 6.00. The number of halogens is 1. The first-order valence-electron chi connectivity index (χ1n) is 7.54. The van der Waals surface area contributed by atoms with Gasteiger partial charge < -0.3 is 18.6 Å². The lowest BCUT2D eigenvalue weighted by molar-refractivity contribution is 0.264. The maximum Gasteiger partial charge on any atom is 0.254 e.